The van der Waals surface area contributed by atoms with Crippen molar-refractivity contribution in [1.82, 2.24) is 9.97 Å². The number of fused-ring (bicyclic) bond motifs is 1. The summed E-state index contributed by atoms with van der Waals surface area (Å²) >= 11 is 0. The van der Waals surface area contributed by atoms with Gasteiger partial charge in [0.25, 0.3) is 0 Å². The van der Waals surface area contributed by atoms with Crippen LogP contribution in [0.15, 0.2) is 67.0 Å². The Kier molecular flexibility index (Phi) is 4.25. The molecule has 4 rings (SSSR count). The lowest BCUT2D eigenvalue weighted by atomic mass is 10.1. The van der Waals surface area contributed by atoms with Crippen molar-refractivity contribution in [2.24, 2.45) is 0 Å². The van der Waals surface area contributed by atoms with Crippen molar-refractivity contribution < 1.29 is 13.5 Å². The minimum Gasteiger partial charge on any atom is -0.437 e. The zero-order chi connectivity index (χ0) is 18.8. The molecule has 0 atom stereocenters. The molecule has 4 aromatic rings. The maximum atomic E-state index is 13.8. The zero-order valence-corrected chi connectivity index (χ0v) is 14.0. The molecule has 7 heteroatoms. The summed E-state index contributed by atoms with van der Waals surface area (Å²) in [7, 11) is 0. The summed E-state index contributed by atoms with van der Waals surface area (Å²) in [5.74, 6) is -0.589. The summed E-state index contributed by atoms with van der Waals surface area (Å²) in [6.45, 7) is 0. The molecule has 1 aromatic heterocycles. The fourth-order valence-electron chi connectivity index (χ4n) is 2.62. The number of nitrogens with zero attached hydrogens (tertiary/aromatic N) is 2. The van der Waals surface area contributed by atoms with Crippen molar-refractivity contribution in [1.29, 1.82) is 0 Å². The van der Waals surface area contributed by atoms with E-state index in [4.69, 9.17) is 10.5 Å². The van der Waals surface area contributed by atoms with Crippen LogP contribution in [0.5, 0.6) is 11.6 Å². The Morgan fingerprint density at radius 3 is 2.52 bits per heavy atom. The van der Waals surface area contributed by atoms with Gasteiger partial charge in [-0.2, -0.15) is 4.98 Å². The van der Waals surface area contributed by atoms with Crippen LogP contribution in [0.1, 0.15) is 0 Å². The maximum Gasteiger partial charge on any atom is 0.248 e. The predicted molar refractivity (Wildman–Crippen MR) is 100 cm³/mol. The van der Waals surface area contributed by atoms with Gasteiger partial charge in [-0.3, -0.25) is 0 Å². The molecular formula is C20H14F2N4O. The number of nitrogens with one attached hydrogen (secondary N) is 1. The molecule has 3 aromatic carbocycles. The molecule has 0 unspecified atom stereocenters. The predicted octanol–water partition coefficient (Wildman–Crippen LogP) is 5.03. The van der Waals surface area contributed by atoms with Gasteiger partial charge >= 0.3 is 0 Å². The molecule has 0 fully saturated rings. The second-order valence-electron chi connectivity index (χ2n) is 5.80. The molecular weight excluding hydrogens is 350 g/mol. The minimum absolute atomic E-state index is 0.0402. The first kappa shape index (κ1) is 16.7. The summed E-state index contributed by atoms with van der Waals surface area (Å²) in [5.41, 5.74) is 6.21. The van der Waals surface area contributed by atoms with Crippen molar-refractivity contribution in [3.05, 3.63) is 78.6 Å². The molecule has 134 valence electrons. The third kappa shape index (κ3) is 3.48. The minimum atomic E-state index is -0.759. The van der Waals surface area contributed by atoms with E-state index in [0.717, 1.165) is 22.9 Å². The smallest absolute Gasteiger partial charge is 0.248 e. The Morgan fingerprint density at radius 2 is 1.70 bits per heavy atom. The number of rotatable bonds is 4. The molecule has 0 amide bonds. The SMILES string of the molecule is Nc1c(Nc2ccc(F)cc2F)ncnc1Oc1ccc2ccccc2c1. The first-order valence-electron chi connectivity index (χ1n) is 8.09. The van der Waals surface area contributed by atoms with Crippen molar-refractivity contribution in [3.8, 4) is 11.6 Å². The van der Waals surface area contributed by atoms with E-state index in [1.54, 1.807) is 6.07 Å². The average Bonchev–Trinajstić information content (AvgIpc) is 2.67. The van der Waals surface area contributed by atoms with Gasteiger partial charge in [-0.05, 0) is 35.0 Å². The summed E-state index contributed by atoms with van der Waals surface area (Å²) < 4.78 is 32.7. The second kappa shape index (κ2) is 6.87. The summed E-state index contributed by atoms with van der Waals surface area (Å²) in [6, 6.07) is 16.6. The fourth-order valence-corrected chi connectivity index (χ4v) is 2.62. The molecule has 1 heterocycles. The number of hydrogen-bond acceptors (Lipinski definition) is 5. The number of aromatic nitrogens is 2. The van der Waals surface area contributed by atoms with Gasteiger partial charge in [0.2, 0.25) is 5.88 Å². The van der Waals surface area contributed by atoms with Crippen molar-refractivity contribution in [3.63, 3.8) is 0 Å². The lowest BCUT2D eigenvalue weighted by Crippen LogP contribution is -2.04. The van der Waals surface area contributed by atoms with Gasteiger partial charge in [0, 0.05) is 6.07 Å². The highest BCUT2D eigenvalue weighted by Crippen LogP contribution is 2.32. The average molecular weight is 364 g/mol. The topological polar surface area (TPSA) is 73.1 Å². The normalized spacial score (nSPS) is 10.7. The van der Waals surface area contributed by atoms with Crippen LogP contribution >= 0.6 is 0 Å². The van der Waals surface area contributed by atoms with Crippen molar-refractivity contribution >= 4 is 28.0 Å². The summed E-state index contributed by atoms with van der Waals surface area (Å²) in [5, 5.41) is 4.81. The highest BCUT2D eigenvalue weighted by atomic mass is 19.1. The summed E-state index contributed by atoms with van der Waals surface area (Å²) in [4.78, 5) is 8.04. The Hall–Kier alpha value is -3.74. The van der Waals surface area contributed by atoms with E-state index in [2.05, 4.69) is 15.3 Å². The van der Waals surface area contributed by atoms with E-state index in [-0.39, 0.29) is 23.1 Å². The number of hydrogen-bond donors (Lipinski definition) is 2. The number of benzene rings is 3. The first-order valence-corrected chi connectivity index (χ1v) is 8.09. The first-order chi connectivity index (χ1) is 13.1. The third-order valence-electron chi connectivity index (χ3n) is 3.97. The van der Waals surface area contributed by atoms with Gasteiger partial charge in [-0.25, -0.2) is 13.8 Å². The Morgan fingerprint density at radius 1 is 0.889 bits per heavy atom. The van der Waals surface area contributed by atoms with Gasteiger partial charge in [-0.15, -0.1) is 0 Å². The van der Waals surface area contributed by atoms with Gasteiger partial charge in [-0.1, -0.05) is 30.3 Å². The molecule has 0 bridgehead atoms. The van der Waals surface area contributed by atoms with Gasteiger partial charge < -0.3 is 15.8 Å². The van der Waals surface area contributed by atoms with E-state index >= 15 is 0 Å². The van der Waals surface area contributed by atoms with Gasteiger partial charge in [0.05, 0.1) is 5.69 Å². The van der Waals surface area contributed by atoms with Gasteiger partial charge in [0.1, 0.15) is 29.4 Å². The van der Waals surface area contributed by atoms with Crippen LogP contribution in [0.2, 0.25) is 0 Å². The van der Waals surface area contributed by atoms with Crippen molar-refractivity contribution in [2.75, 3.05) is 11.1 Å². The lowest BCUT2D eigenvalue weighted by Gasteiger charge is -2.12. The number of nitrogens with two attached hydrogens (primary N) is 1. The maximum absolute atomic E-state index is 13.8. The van der Waals surface area contributed by atoms with Crippen LogP contribution in [0.4, 0.5) is 26.0 Å². The largest absolute Gasteiger partial charge is 0.437 e. The van der Waals surface area contributed by atoms with E-state index in [0.29, 0.717) is 5.75 Å². The van der Waals surface area contributed by atoms with Crippen LogP contribution in [0.3, 0.4) is 0 Å². The van der Waals surface area contributed by atoms with Crippen LogP contribution in [-0.2, 0) is 0 Å². The van der Waals surface area contributed by atoms with Gasteiger partial charge in [0.15, 0.2) is 5.82 Å². The fraction of sp³-hybridized carbons (Fsp3) is 0. The molecule has 0 saturated carbocycles. The quantitative estimate of drug-likeness (QED) is 0.532. The number of anilines is 3. The standard InChI is InChI=1S/C20H14F2N4O/c21-14-6-8-17(16(22)10-14)26-19-18(23)20(25-11-24-19)27-15-7-5-12-3-1-2-4-13(12)9-15/h1-11H,23H2,(H,24,25,26). The molecule has 0 spiro atoms. The molecule has 0 aliphatic rings. The van der Waals surface area contributed by atoms with Crippen LogP contribution in [-0.4, -0.2) is 9.97 Å². The third-order valence-corrected chi connectivity index (χ3v) is 3.97. The summed E-state index contributed by atoms with van der Waals surface area (Å²) in [6.07, 6.45) is 1.25. The Balaban J connectivity index is 1.62. The number of ether oxygens (including phenoxy) is 1. The van der Waals surface area contributed by atoms with E-state index in [9.17, 15) is 8.78 Å². The van der Waals surface area contributed by atoms with Crippen LogP contribution < -0.4 is 15.8 Å². The number of halogens is 2. The van der Waals surface area contributed by atoms with Crippen molar-refractivity contribution in [2.45, 2.75) is 0 Å². The molecule has 0 aliphatic carbocycles. The molecule has 5 nitrogen and oxygen atoms in total. The molecule has 27 heavy (non-hydrogen) atoms. The second-order valence-corrected chi connectivity index (χ2v) is 5.80. The lowest BCUT2D eigenvalue weighted by molar-refractivity contribution is 0.465. The Bertz CT molecular complexity index is 1130. The molecule has 0 radical (unpaired) electrons. The van der Waals surface area contributed by atoms with E-state index in [1.807, 2.05) is 36.4 Å². The monoisotopic (exact) mass is 364 g/mol. The van der Waals surface area contributed by atoms with E-state index in [1.165, 1.54) is 12.4 Å². The molecule has 0 aliphatic heterocycles. The van der Waals surface area contributed by atoms with E-state index < -0.39 is 11.6 Å². The zero-order valence-electron chi connectivity index (χ0n) is 14.0. The molecule has 3 N–H and O–H groups in total. The highest BCUT2D eigenvalue weighted by molar-refractivity contribution is 5.84. The number of nitrogen functional groups attached to an aromatic ring is 1. The highest BCUT2D eigenvalue weighted by Gasteiger charge is 2.13. The van der Waals surface area contributed by atoms with Crippen LogP contribution in [0, 0.1) is 11.6 Å². The Labute approximate surface area is 153 Å². The molecule has 0 saturated heterocycles. The van der Waals surface area contributed by atoms with Crippen LogP contribution in [0.25, 0.3) is 10.8 Å².